The van der Waals surface area contributed by atoms with E-state index in [-0.39, 0.29) is 31.2 Å². The molecule has 0 spiro atoms. The Morgan fingerprint density at radius 1 is 0.967 bits per heavy atom. The highest BCUT2D eigenvalue weighted by atomic mass is 16.2. The number of amides is 2. The summed E-state index contributed by atoms with van der Waals surface area (Å²) >= 11 is 0. The Morgan fingerprint density at radius 2 is 1.73 bits per heavy atom. The number of anilines is 1. The summed E-state index contributed by atoms with van der Waals surface area (Å²) in [6, 6.07) is 16.1. The third kappa shape index (κ3) is 5.54. The summed E-state index contributed by atoms with van der Waals surface area (Å²) in [5.74, 6) is -0.471. The summed E-state index contributed by atoms with van der Waals surface area (Å²) in [4.78, 5) is 52.3. The van der Waals surface area contributed by atoms with E-state index in [2.05, 4.69) is 20.6 Å². The first-order valence-corrected chi connectivity index (χ1v) is 9.46. The van der Waals surface area contributed by atoms with Crippen LogP contribution in [0.15, 0.2) is 64.2 Å². The molecule has 0 atom stereocenters. The Labute approximate surface area is 172 Å². The molecule has 0 saturated heterocycles. The van der Waals surface area contributed by atoms with Crippen LogP contribution in [0.1, 0.15) is 33.6 Å². The Bertz CT molecular complexity index is 1170. The SMILES string of the molecule is Cc1[nH]c(=O)[nH]c(=O)c1CCC(=O)NCc1cccc(C(=O)Nc2ccccc2)c1. The minimum Gasteiger partial charge on any atom is -0.352 e. The van der Waals surface area contributed by atoms with Gasteiger partial charge in [-0.15, -0.1) is 0 Å². The second-order valence-electron chi connectivity index (χ2n) is 6.81. The highest BCUT2D eigenvalue weighted by molar-refractivity contribution is 6.04. The Balaban J connectivity index is 1.55. The van der Waals surface area contributed by atoms with Gasteiger partial charge in [-0.1, -0.05) is 30.3 Å². The molecule has 0 saturated carbocycles. The zero-order chi connectivity index (χ0) is 21.5. The van der Waals surface area contributed by atoms with E-state index < -0.39 is 11.2 Å². The van der Waals surface area contributed by atoms with E-state index in [4.69, 9.17) is 0 Å². The van der Waals surface area contributed by atoms with E-state index in [0.29, 0.717) is 22.5 Å². The molecule has 1 aromatic heterocycles. The van der Waals surface area contributed by atoms with Crippen molar-refractivity contribution in [3.63, 3.8) is 0 Å². The molecule has 2 amide bonds. The number of carbonyl (C=O) groups is 2. The lowest BCUT2D eigenvalue weighted by Crippen LogP contribution is -2.29. The van der Waals surface area contributed by atoms with Gasteiger partial charge in [-0.2, -0.15) is 0 Å². The van der Waals surface area contributed by atoms with Crippen molar-refractivity contribution < 1.29 is 9.59 Å². The first kappa shape index (κ1) is 20.8. The molecular formula is C22H22N4O4. The predicted molar refractivity (Wildman–Crippen MR) is 113 cm³/mol. The van der Waals surface area contributed by atoms with E-state index in [9.17, 15) is 19.2 Å². The van der Waals surface area contributed by atoms with Crippen LogP contribution in [0.3, 0.4) is 0 Å². The summed E-state index contributed by atoms with van der Waals surface area (Å²) in [7, 11) is 0. The summed E-state index contributed by atoms with van der Waals surface area (Å²) in [5, 5.41) is 5.60. The molecule has 3 rings (SSSR count). The van der Waals surface area contributed by atoms with Gasteiger partial charge in [-0.3, -0.25) is 19.4 Å². The topological polar surface area (TPSA) is 124 Å². The molecule has 0 aliphatic carbocycles. The van der Waals surface area contributed by atoms with Crippen molar-refractivity contribution in [2.45, 2.75) is 26.3 Å². The molecule has 8 nitrogen and oxygen atoms in total. The van der Waals surface area contributed by atoms with Gasteiger partial charge in [0.1, 0.15) is 0 Å². The molecule has 0 bridgehead atoms. The van der Waals surface area contributed by atoms with Crippen LogP contribution in [0.25, 0.3) is 0 Å². The molecule has 0 fully saturated rings. The molecule has 0 aliphatic rings. The largest absolute Gasteiger partial charge is 0.352 e. The van der Waals surface area contributed by atoms with Crippen LogP contribution in [-0.2, 0) is 17.8 Å². The van der Waals surface area contributed by atoms with E-state index in [1.807, 2.05) is 24.3 Å². The Kier molecular flexibility index (Phi) is 6.59. The van der Waals surface area contributed by atoms with E-state index in [0.717, 1.165) is 5.56 Å². The zero-order valence-electron chi connectivity index (χ0n) is 16.5. The number of H-pyrrole nitrogens is 2. The number of para-hydroxylation sites is 1. The molecule has 3 aromatic rings. The molecule has 4 N–H and O–H groups in total. The van der Waals surface area contributed by atoms with Crippen molar-refractivity contribution in [3.05, 3.63) is 97.8 Å². The van der Waals surface area contributed by atoms with Crippen molar-refractivity contribution in [2.75, 3.05) is 5.32 Å². The minimum atomic E-state index is -0.568. The quantitative estimate of drug-likeness (QED) is 0.478. The Hall–Kier alpha value is -3.94. The van der Waals surface area contributed by atoms with Gasteiger partial charge >= 0.3 is 5.69 Å². The normalized spacial score (nSPS) is 10.4. The highest BCUT2D eigenvalue weighted by Gasteiger charge is 2.10. The lowest BCUT2D eigenvalue weighted by atomic mass is 10.1. The summed E-state index contributed by atoms with van der Waals surface area (Å²) < 4.78 is 0. The van der Waals surface area contributed by atoms with Crippen LogP contribution < -0.4 is 21.9 Å². The van der Waals surface area contributed by atoms with Crippen molar-refractivity contribution in [2.24, 2.45) is 0 Å². The monoisotopic (exact) mass is 406 g/mol. The molecular weight excluding hydrogens is 384 g/mol. The maximum absolute atomic E-state index is 12.4. The maximum atomic E-state index is 12.4. The predicted octanol–water partition coefficient (Wildman–Crippen LogP) is 1.87. The average molecular weight is 406 g/mol. The fourth-order valence-electron chi connectivity index (χ4n) is 3.00. The molecule has 0 radical (unpaired) electrons. The summed E-state index contributed by atoms with van der Waals surface area (Å²) in [6.45, 7) is 1.88. The second kappa shape index (κ2) is 9.51. The van der Waals surface area contributed by atoms with Gasteiger partial charge in [0, 0.05) is 35.5 Å². The van der Waals surface area contributed by atoms with Crippen LogP contribution in [0.5, 0.6) is 0 Å². The van der Waals surface area contributed by atoms with E-state index in [1.165, 1.54) is 0 Å². The van der Waals surface area contributed by atoms with Gasteiger partial charge in [0.15, 0.2) is 0 Å². The molecule has 0 unspecified atom stereocenters. The zero-order valence-corrected chi connectivity index (χ0v) is 16.5. The molecule has 2 aromatic carbocycles. The number of aryl methyl sites for hydroxylation is 1. The summed E-state index contributed by atoms with van der Waals surface area (Å²) in [5.41, 5.74) is 1.75. The number of benzene rings is 2. The van der Waals surface area contributed by atoms with Gasteiger partial charge in [-0.05, 0) is 43.2 Å². The number of carbonyl (C=O) groups excluding carboxylic acids is 2. The van der Waals surface area contributed by atoms with Crippen molar-refractivity contribution in [3.8, 4) is 0 Å². The van der Waals surface area contributed by atoms with Gasteiger partial charge in [0.2, 0.25) is 5.91 Å². The molecule has 1 heterocycles. The van der Waals surface area contributed by atoms with Gasteiger partial charge < -0.3 is 15.6 Å². The first-order valence-electron chi connectivity index (χ1n) is 9.46. The first-order chi connectivity index (χ1) is 14.4. The average Bonchev–Trinajstić information content (AvgIpc) is 2.72. The van der Waals surface area contributed by atoms with E-state index in [1.54, 1.807) is 37.3 Å². The number of hydrogen-bond donors (Lipinski definition) is 4. The maximum Gasteiger partial charge on any atom is 0.325 e. The van der Waals surface area contributed by atoms with Gasteiger partial charge in [-0.25, -0.2) is 4.79 Å². The molecule has 8 heteroatoms. The lowest BCUT2D eigenvalue weighted by Gasteiger charge is -2.09. The highest BCUT2D eigenvalue weighted by Crippen LogP contribution is 2.11. The van der Waals surface area contributed by atoms with Crippen LogP contribution in [0.2, 0.25) is 0 Å². The van der Waals surface area contributed by atoms with E-state index >= 15 is 0 Å². The summed E-state index contributed by atoms with van der Waals surface area (Å²) in [6.07, 6.45) is 0.313. The van der Waals surface area contributed by atoms with Crippen molar-refractivity contribution in [1.29, 1.82) is 0 Å². The van der Waals surface area contributed by atoms with Crippen molar-refractivity contribution >= 4 is 17.5 Å². The fourth-order valence-corrected chi connectivity index (χ4v) is 3.00. The van der Waals surface area contributed by atoms with Crippen LogP contribution in [0.4, 0.5) is 5.69 Å². The number of rotatable bonds is 7. The standard InChI is InChI=1S/C22H22N4O4/c1-14-18(21(29)26-22(30)24-14)10-11-19(27)23-13-15-6-5-7-16(12-15)20(28)25-17-8-3-2-4-9-17/h2-9,12H,10-11,13H2,1H3,(H,23,27)(H,25,28)(H2,24,26,29,30). The third-order valence-corrected chi connectivity index (χ3v) is 4.57. The smallest absolute Gasteiger partial charge is 0.325 e. The minimum absolute atomic E-state index is 0.101. The number of hydrogen-bond acceptors (Lipinski definition) is 4. The number of nitrogens with one attached hydrogen (secondary N) is 4. The fraction of sp³-hybridized carbons (Fsp3) is 0.182. The molecule has 30 heavy (non-hydrogen) atoms. The second-order valence-corrected chi connectivity index (χ2v) is 6.81. The number of aromatic amines is 2. The van der Waals surface area contributed by atoms with Crippen molar-refractivity contribution in [1.82, 2.24) is 15.3 Å². The lowest BCUT2D eigenvalue weighted by molar-refractivity contribution is -0.121. The van der Waals surface area contributed by atoms with Gasteiger partial charge in [0.05, 0.1) is 0 Å². The Morgan fingerprint density at radius 3 is 2.47 bits per heavy atom. The van der Waals surface area contributed by atoms with Crippen LogP contribution in [0, 0.1) is 6.92 Å². The third-order valence-electron chi connectivity index (χ3n) is 4.57. The molecule has 154 valence electrons. The number of aromatic nitrogens is 2. The van der Waals surface area contributed by atoms with Crippen LogP contribution >= 0.6 is 0 Å². The van der Waals surface area contributed by atoms with Crippen LogP contribution in [-0.4, -0.2) is 21.8 Å². The van der Waals surface area contributed by atoms with Gasteiger partial charge in [0.25, 0.3) is 11.5 Å². The molecule has 0 aliphatic heterocycles.